The molecular weight excluding hydrogens is 587 g/mol. The van der Waals surface area contributed by atoms with Gasteiger partial charge in [0, 0.05) is 31.7 Å². The minimum atomic E-state index is -1.08. The minimum Gasteiger partial charge on any atom is -0.482 e. The highest BCUT2D eigenvalue weighted by Crippen LogP contribution is 2.31. The molecule has 1 fully saturated rings. The Morgan fingerprint density at radius 1 is 1.19 bits per heavy atom. The summed E-state index contributed by atoms with van der Waals surface area (Å²) in [5.41, 5.74) is 2.42. The smallest absolute Gasteiger partial charge is 0.252 e. The number of para-hydroxylation sites is 1. The van der Waals surface area contributed by atoms with Crippen LogP contribution in [0.5, 0.6) is 5.75 Å². The Morgan fingerprint density at radius 3 is 2.62 bits per heavy atom. The summed E-state index contributed by atoms with van der Waals surface area (Å²) in [4.78, 5) is 28.3. The van der Waals surface area contributed by atoms with Gasteiger partial charge in [-0.05, 0) is 66.1 Å². The molecule has 0 radical (unpaired) electrons. The predicted octanol–water partition coefficient (Wildman–Crippen LogP) is 2.72. The molecule has 2 aromatic rings. The molecule has 1 aliphatic heterocycles. The third kappa shape index (κ3) is 6.90. The first kappa shape index (κ1) is 27.6. The van der Waals surface area contributed by atoms with Crippen molar-refractivity contribution in [3.8, 4) is 5.75 Å². The maximum Gasteiger partial charge on any atom is 0.252 e. The number of ether oxygens (including phenoxy) is 2. The van der Waals surface area contributed by atoms with E-state index in [9.17, 15) is 19.8 Å². The van der Waals surface area contributed by atoms with Gasteiger partial charge in [-0.15, -0.1) is 0 Å². The second kappa shape index (κ2) is 12.9. The number of nitrogens with zero attached hydrogens (tertiary/aromatic N) is 1. The number of benzene rings is 2. The van der Waals surface area contributed by atoms with Crippen molar-refractivity contribution in [1.29, 1.82) is 0 Å². The molecule has 2 aromatic carbocycles. The summed E-state index contributed by atoms with van der Waals surface area (Å²) in [7, 11) is 0. The second-order valence-corrected chi connectivity index (χ2v) is 10.6. The molecule has 0 aromatic heterocycles. The lowest BCUT2D eigenvalue weighted by molar-refractivity contribution is -0.149. The number of aliphatic hydroxyl groups excluding tert-OH is 2. The Labute approximate surface area is 230 Å². The van der Waals surface area contributed by atoms with Crippen molar-refractivity contribution in [1.82, 2.24) is 10.2 Å². The van der Waals surface area contributed by atoms with Crippen LogP contribution in [0.2, 0.25) is 0 Å². The van der Waals surface area contributed by atoms with Crippen molar-refractivity contribution in [3.63, 3.8) is 0 Å². The highest BCUT2D eigenvalue weighted by atomic mass is 127. The van der Waals surface area contributed by atoms with Crippen LogP contribution in [0.3, 0.4) is 0 Å². The summed E-state index contributed by atoms with van der Waals surface area (Å²) in [6.45, 7) is 2.70. The summed E-state index contributed by atoms with van der Waals surface area (Å²) >= 11 is 2.16. The molecule has 1 aliphatic carbocycles. The van der Waals surface area contributed by atoms with Crippen LogP contribution in [0, 0.1) is 10.5 Å². The number of rotatable bonds is 9. The zero-order valence-corrected chi connectivity index (χ0v) is 23.0. The van der Waals surface area contributed by atoms with Gasteiger partial charge in [0.2, 0.25) is 5.91 Å². The molecule has 2 aliphatic rings. The largest absolute Gasteiger partial charge is 0.482 e. The Hall–Kier alpha value is -2.47. The lowest BCUT2D eigenvalue weighted by Crippen LogP contribution is -2.56. The lowest BCUT2D eigenvalue weighted by atomic mass is 9.87. The Bertz CT molecular complexity index is 1120. The van der Waals surface area contributed by atoms with Crippen LogP contribution >= 0.6 is 22.6 Å². The third-order valence-corrected chi connectivity index (χ3v) is 7.57. The van der Waals surface area contributed by atoms with E-state index in [2.05, 4.69) is 27.9 Å². The molecule has 0 saturated carbocycles. The SMILES string of the molecule is Cc1ccc(CN(C(=O)C2CCCO2)C2CC(C(=O)NCCO)=CC(Oc3ccccc3I)C2O)cc1. The van der Waals surface area contributed by atoms with Crippen molar-refractivity contribution in [2.75, 3.05) is 19.8 Å². The molecule has 198 valence electrons. The van der Waals surface area contributed by atoms with Crippen LogP contribution in [0.1, 0.15) is 30.4 Å². The Balaban J connectivity index is 1.68. The van der Waals surface area contributed by atoms with Crippen molar-refractivity contribution in [2.45, 2.75) is 57.1 Å². The molecule has 2 amide bonds. The standard InChI is InChI=1S/C28H33IN2O6/c1-18-8-10-19(11-9-18)17-31(28(35)24-7-4-14-36-24)22-15-20(27(34)30-12-13-32)16-25(26(22)33)37-23-6-3-2-5-21(23)29/h2-3,5-6,8-11,16,22,24-26,32-33H,4,7,12-15,17H2,1H3,(H,30,34). The zero-order chi connectivity index (χ0) is 26.4. The molecule has 8 nitrogen and oxygen atoms in total. The number of carbonyl (C=O) groups excluding carboxylic acids is 2. The highest BCUT2D eigenvalue weighted by Gasteiger charge is 2.42. The van der Waals surface area contributed by atoms with Gasteiger partial charge in [-0.3, -0.25) is 9.59 Å². The molecular formula is C28H33IN2O6. The predicted molar refractivity (Wildman–Crippen MR) is 147 cm³/mol. The number of hydrogen-bond donors (Lipinski definition) is 3. The maximum atomic E-state index is 13.7. The minimum absolute atomic E-state index is 0.105. The molecule has 1 saturated heterocycles. The normalized spacial score (nSPS) is 23.3. The van der Waals surface area contributed by atoms with Crippen molar-refractivity contribution in [3.05, 3.63) is 74.9 Å². The average Bonchev–Trinajstić information content (AvgIpc) is 3.44. The van der Waals surface area contributed by atoms with Gasteiger partial charge in [0.25, 0.3) is 5.91 Å². The van der Waals surface area contributed by atoms with E-state index < -0.39 is 24.4 Å². The topological polar surface area (TPSA) is 108 Å². The quantitative estimate of drug-likeness (QED) is 0.373. The molecule has 3 N–H and O–H groups in total. The molecule has 4 atom stereocenters. The van der Waals surface area contributed by atoms with Crippen molar-refractivity contribution < 1.29 is 29.3 Å². The van der Waals surface area contributed by atoms with Gasteiger partial charge in [0.1, 0.15) is 24.1 Å². The van der Waals surface area contributed by atoms with Crippen LogP contribution in [0.25, 0.3) is 0 Å². The fourth-order valence-electron chi connectivity index (χ4n) is 4.67. The maximum absolute atomic E-state index is 13.7. The van der Waals surface area contributed by atoms with E-state index in [1.165, 1.54) is 0 Å². The van der Waals surface area contributed by atoms with Gasteiger partial charge < -0.3 is 29.9 Å². The zero-order valence-electron chi connectivity index (χ0n) is 20.8. The summed E-state index contributed by atoms with van der Waals surface area (Å²) in [5, 5.41) is 23.4. The van der Waals surface area contributed by atoms with Crippen LogP contribution in [0.15, 0.2) is 60.2 Å². The fourth-order valence-corrected chi connectivity index (χ4v) is 5.19. The number of aryl methyl sites for hydroxylation is 1. The third-order valence-electron chi connectivity index (χ3n) is 6.68. The summed E-state index contributed by atoms with van der Waals surface area (Å²) in [6, 6.07) is 14.6. The summed E-state index contributed by atoms with van der Waals surface area (Å²) in [6.07, 6.45) is 0.669. The van der Waals surface area contributed by atoms with Crippen LogP contribution in [-0.2, 0) is 20.9 Å². The number of amides is 2. The van der Waals surface area contributed by atoms with Gasteiger partial charge in [0.15, 0.2) is 0 Å². The van der Waals surface area contributed by atoms with Crippen LogP contribution < -0.4 is 10.1 Å². The number of hydrogen-bond acceptors (Lipinski definition) is 6. The van der Waals surface area contributed by atoms with Crippen molar-refractivity contribution >= 4 is 34.4 Å². The highest BCUT2D eigenvalue weighted by molar-refractivity contribution is 14.1. The fraction of sp³-hybridized carbons (Fsp3) is 0.429. The van der Waals surface area contributed by atoms with Gasteiger partial charge in [-0.2, -0.15) is 0 Å². The van der Waals surface area contributed by atoms with Gasteiger partial charge >= 0.3 is 0 Å². The number of carbonyl (C=O) groups is 2. The monoisotopic (exact) mass is 620 g/mol. The molecule has 0 bridgehead atoms. The number of halogens is 1. The van der Waals surface area contributed by atoms with Crippen LogP contribution in [-0.4, -0.2) is 71.0 Å². The van der Waals surface area contributed by atoms with E-state index in [1.807, 2.05) is 49.4 Å². The van der Waals surface area contributed by atoms with Gasteiger partial charge in [-0.1, -0.05) is 42.0 Å². The van der Waals surface area contributed by atoms with E-state index in [4.69, 9.17) is 9.47 Å². The van der Waals surface area contributed by atoms with E-state index in [1.54, 1.807) is 17.0 Å². The lowest BCUT2D eigenvalue weighted by Gasteiger charge is -2.41. The van der Waals surface area contributed by atoms with E-state index in [0.29, 0.717) is 24.4 Å². The van der Waals surface area contributed by atoms with E-state index >= 15 is 0 Å². The molecule has 9 heteroatoms. The molecule has 4 rings (SSSR count). The Kier molecular flexibility index (Phi) is 9.58. The Morgan fingerprint density at radius 2 is 1.95 bits per heavy atom. The average molecular weight is 620 g/mol. The van der Waals surface area contributed by atoms with Gasteiger partial charge in [0.05, 0.1) is 16.2 Å². The first-order valence-electron chi connectivity index (χ1n) is 12.5. The number of aliphatic hydroxyl groups is 2. The first-order chi connectivity index (χ1) is 17.9. The van der Waals surface area contributed by atoms with E-state index in [-0.39, 0.29) is 37.9 Å². The molecule has 37 heavy (non-hydrogen) atoms. The molecule has 1 heterocycles. The van der Waals surface area contributed by atoms with Crippen LogP contribution in [0.4, 0.5) is 0 Å². The summed E-state index contributed by atoms with van der Waals surface area (Å²) < 4.78 is 12.8. The number of nitrogens with one attached hydrogen (secondary N) is 1. The van der Waals surface area contributed by atoms with Crippen molar-refractivity contribution in [2.24, 2.45) is 0 Å². The molecule has 4 unspecified atom stereocenters. The summed E-state index contributed by atoms with van der Waals surface area (Å²) in [5.74, 6) is 0.0176. The first-order valence-corrected chi connectivity index (χ1v) is 13.6. The van der Waals surface area contributed by atoms with E-state index in [0.717, 1.165) is 21.1 Å². The molecule has 0 spiro atoms. The second-order valence-electron chi connectivity index (χ2n) is 9.40. The van der Waals surface area contributed by atoms with Gasteiger partial charge in [-0.25, -0.2) is 0 Å².